The molecule has 36 heavy (non-hydrogen) atoms. The summed E-state index contributed by atoms with van der Waals surface area (Å²) in [4.78, 5) is 38.8. The summed E-state index contributed by atoms with van der Waals surface area (Å²) >= 11 is 0. The number of hydrogen-bond donors (Lipinski definition) is 0. The van der Waals surface area contributed by atoms with E-state index in [4.69, 9.17) is 28.4 Å². The van der Waals surface area contributed by atoms with Gasteiger partial charge in [0.15, 0.2) is 0 Å². The molecule has 0 bridgehead atoms. The van der Waals surface area contributed by atoms with E-state index in [1.165, 1.54) is 0 Å². The van der Waals surface area contributed by atoms with Crippen molar-refractivity contribution >= 4 is 17.9 Å². The van der Waals surface area contributed by atoms with Crippen LogP contribution in [0.2, 0.25) is 0 Å². The van der Waals surface area contributed by atoms with Crippen LogP contribution in [-0.2, 0) is 42.8 Å². The van der Waals surface area contributed by atoms with Gasteiger partial charge in [0, 0.05) is 0 Å². The number of carbonyl (C=O) groups is 3. The maximum absolute atomic E-state index is 13.2. The number of hydrogen-bond acceptors (Lipinski definition) is 9. The van der Waals surface area contributed by atoms with Crippen LogP contribution in [-0.4, -0.2) is 72.8 Å². The Hall–Kier alpha value is -1.71. The van der Waals surface area contributed by atoms with E-state index in [1.54, 1.807) is 0 Å². The van der Waals surface area contributed by atoms with Crippen LogP contribution in [0.25, 0.3) is 0 Å². The maximum atomic E-state index is 13.2. The second kappa shape index (κ2) is 11.8. The van der Waals surface area contributed by atoms with E-state index in [2.05, 4.69) is 0 Å². The minimum Gasteiger partial charge on any atom is -0.460 e. The highest BCUT2D eigenvalue weighted by atomic mass is 16.6. The quantitative estimate of drug-likeness (QED) is 0.163. The van der Waals surface area contributed by atoms with Crippen LogP contribution in [0, 0.1) is 5.92 Å². The zero-order valence-corrected chi connectivity index (χ0v) is 22.8. The van der Waals surface area contributed by atoms with Crippen LogP contribution in [0.1, 0.15) is 92.9 Å². The smallest absolute Gasteiger partial charge is 0.310 e. The third-order valence-corrected chi connectivity index (χ3v) is 6.73. The van der Waals surface area contributed by atoms with Crippen molar-refractivity contribution in [1.82, 2.24) is 0 Å². The van der Waals surface area contributed by atoms with E-state index in [1.807, 2.05) is 41.5 Å². The maximum Gasteiger partial charge on any atom is 0.310 e. The van der Waals surface area contributed by atoms with Crippen LogP contribution in [0.4, 0.5) is 0 Å². The average Bonchev–Trinajstić information content (AvgIpc) is 3.61. The van der Waals surface area contributed by atoms with E-state index in [9.17, 15) is 14.4 Å². The molecule has 0 spiro atoms. The molecule has 0 aromatic heterocycles. The molecule has 0 aromatic rings. The summed E-state index contributed by atoms with van der Waals surface area (Å²) in [6.07, 6.45) is 4.49. The molecule has 0 amide bonds. The first-order valence-corrected chi connectivity index (χ1v) is 13.2. The molecular formula is C27H44O9. The van der Waals surface area contributed by atoms with Gasteiger partial charge >= 0.3 is 17.9 Å². The molecule has 9 heteroatoms. The van der Waals surface area contributed by atoms with Crippen LogP contribution < -0.4 is 0 Å². The van der Waals surface area contributed by atoms with Crippen LogP contribution in [0.5, 0.6) is 0 Å². The number of epoxide rings is 3. The number of rotatable bonds is 17. The average molecular weight is 513 g/mol. The summed E-state index contributed by atoms with van der Waals surface area (Å²) in [5.41, 5.74) is -2.15. The molecule has 0 saturated carbocycles. The normalized spacial score (nSPS) is 24.0. The SMILES string of the molecule is CC(C)(CCC1CO1)OC(=O)CC(CC(=O)OC(C)(C)CCC1CO1)C(=O)OC(C)(C)CCC1CO1. The molecule has 3 heterocycles. The van der Waals surface area contributed by atoms with Gasteiger partial charge in [-0.15, -0.1) is 0 Å². The van der Waals surface area contributed by atoms with Gasteiger partial charge in [-0.25, -0.2) is 0 Å². The molecule has 3 atom stereocenters. The molecule has 9 nitrogen and oxygen atoms in total. The molecule has 3 saturated heterocycles. The molecular weight excluding hydrogens is 468 g/mol. The highest BCUT2D eigenvalue weighted by Gasteiger charge is 2.37. The van der Waals surface area contributed by atoms with E-state index in [0.717, 1.165) is 39.1 Å². The van der Waals surface area contributed by atoms with Gasteiger partial charge in [0.25, 0.3) is 0 Å². The molecule has 3 rings (SSSR count). The molecule has 3 aliphatic rings. The minimum atomic E-state index is -0.994. The standard InChI is InChI=1S/C27H44O9/c1-25(2,10-7-19-15-31-19)34-22(28)13-18(24(30)36-27(5,6)12-9-21-17-33-21)14-23(29)35-26(3,4)11-8-20-16-32-20/h18-21H,7-17H2,1-6H3. The Balaban J connectivity index is 1.57. The first-order chi connectivity index (χ1) is 16.7. The van der Waals surface area contributed by atoms with Crippen LogP contribution in [0.15, 0.2) is 0 Å². The molecule has 3 fully saturated rings. The summed E-state index contributed by atoms with van der Waals surface area (Å²) in [5.74, 6) is -2.67. The van der Waals surface area contributed by atoms with Crippen molar-refractivity contribution < 1.29 is 42.8 Å². The fraction of sp³-hybridized carbons (Fsp3) is 0.889. The topological polar surface area (TPSA) is 116 Å². The minimum absolute atomic E-state index is 0.218. The van der Waals surface area contributed by atoms with Crippen molar-refractivity contribution in [2.75, 3.05) is 19.8 Å². The van der Waals surface area contributed by atoms with Gasteiger partial charge < -0.3 is 28.4 Å². The van der Waals surface area contributed by atoms with Crippen molar-refractivity contribution in [2.24, 2.45) is 5.92 Å². The third kappa shape index (κ3) is 11.6. The highest BCUT2D eigenvalue weighted by molar-refractivity contribution is 5.84. The molecule has 0 aliphatic carbocycles. The summed E-state index contributed by atoms with van der Waals surface area (Å²) in [5, 5.41) is 0. The predicted molar refractivity (Wildman–Crippen MR) is 130 cm³/mol. The van der Waals surface area contributed by atoms with Gasteiger partial charge in [-0.1, -0.05) is 0 Å². The van der Waals surface area contributed by atoms with Crippen LogP contribution >= 0.6 is 0 Å². The Morgan fingerprint density at radius 3 is 1.25 bits per heavy atom. The van der Waals surface area contributed by atoms with E-state index < -0.39 is 40.6 Å². The lowest BCUT2D eigenvalue weighted by Crippen LogP contribution is -2.36. The summed E-state index contributed by atoms with van der Waals surface area (Å²) < 4.78 is 32.9. The Morgan fingerprint density at radius 1 is 0.639 bits per heavy atom. The fourth-order valence-electron chi connectivity index (χ4n) is 4.08. The van der Waals surface area contributed by atoms with Gasteiger partial charge in [0.05, 0.1) is 56.9 Å². The predicted octanol–water partition coefficient (Wildman–Crippen LogP) is 3.89. The summed E-state index contributed by atoms with van der Waals surface area (Å²) in [7, 11) is 0. The van der Waals surface area contributed by atoms with Gasteiger partial charge in [-0.05, 0) is 80.1 Å². The Labute approximate surface area is 214 Å². The molecule has 0 radical (unpaired) electrons. The first-order valence-electron chi connectivity index (χ1n) is 13.2. The van der Waals surface area contributed by atoms with Crippen molar-refractivity contribution in [3.8, 4) is 0 Å². The zero-order chi connectivity index (χ0) is 26.6. The second-order valence-electron chi connectivity index (χ2n) is 12.2. The number of esters is 3. The number of carbonyl (C=O) groups excluding carboxylic acids is 3. The highest BCUT2D eigenvalue weighted by Crippen LogP contribution is 2.29. The fourth-order valence-corrected chi connectivity index (χ4v) is 4.08. The number of ether oxygens (including phenoxy) is 6. The van der Waals surface area contributed by atoms with E-state index in [-0.39, 0.29) is 31.2 Å². The van der Waals surface area contributed by atoms with Crippen molar-refractivity contribution in [2.45, 2.75) is 128 Å². The van der Waals surface area contributed by atoms with E-state index in [0.29, 0.717) is 19.3 Å². The largest absolute Gasteiger partial charge is 0.460 e. The first kappa shape index (κ1) is 28.9. The lowest BCUT2D eigenvalue weighted by atomic mass is 9.97. The zero-order valence-electron chi connectivity index (χ0n) is 22.8. The molecule has 0 aromatic carbocycles. The molecule has 0 N–H and O–H groups in total. The van der Waals surface area contributed by atoms with Crippen molar-refractivity contribution in [1.29, 1.82) is 0 Å². The van der Waals surface area contributed by atoms with Gasteiger partial charge in [0.1, 0.15) is 16.8 Å². The Bertz CT molecular complexity index is 732. The van der Waals surface area contributed by atoms with Crippen molar-refractivity contribution in [3.63, 3.8) is 0 Å². The Kier molecular flexibility index (Phi) is 9.44. The van der Waals surface area contributed by atoms with Crippen molar-refractivity contribution in [3.05, 3.63) is 0 Å². The lowest BCUT2D eigenvalue weighted by Gasteiger charge is -2.29. The molecule has 3 aliphatic heterocycles. The summed E-state index contributed by atoms with van der Waals surface area (Å²) in [6, 6.07) is 0. The van der Waals surface area contributed by atoms with Gasteiger partial charge in [-0.2, -0.15) is 0 Å². The van der Waals surface area contributed by atoms with E-state index >= 15 is 0 Å². The Morgan fingerprint density at radius 2 is 0.944 bits per heavy atom. The van der Waals surface area contributed by atoms with Crippen LogP contribution in [0.3, 0.4) is 0 Å². The molecule has 206 valence electrons. The monoisotopic (exact) mass is 512 g/mol. The third-order valence-electron chi connectivity index (χ3n) is 6.73. The van der Waals surface area contributed by atoms with Gasteiger partial charge in [0.2, 0.25) is 0 Å². The van der Waals surface area contributed by atoms with Gasteiger partial charge in [-0.3, -0.25) is 14.4 Å². The summed E-state index contributed by atoms with van der Waals surface area (Å²) in [6.45, 7) is 13.2. The molecule has 3 unspecified atom stereocenters. The lowest BCUT2D eigenvalue weighted by molar-refractivity contribution is -0.174. The second-order valence-corrected chi connectivity index (χ2v) is 12.2.